The molecule has 0 fully saturated rings. The lowest BCUT2D eigenvalue weighted by Gasteiger charge is -1.96. The Morgan fingerprint density at radius 1 is 1.71 bits per heavy atom. The van der Waals surface area contributed by atoms with Crippen molar-refractivity contribution in [1.82, 2.24) is 4.98 Å². The second kappa shape index (κ2) is 5.40. The van der Waals surface area contributed by atoms with Crippen LogP contribution < -0.4 is 0 Å². The summed E-state index contributed by atoms with van der Waals surface area (Å²) in [5, 5.41) is 12.3. The van der Waals surface area contributed by atoms with Crippen LogP contribution in [-0.2, 0) is 0 Å². The molecule has 0 aliphatic carbocycles. The molecule has 0 bridgehead atoms. The molecule has 74 valence electrons. The SMILES string of the molecule is CCC(/C=C/c1ccncc1Cl)=N\O. The lowest BCUT2D eigenvalue weighted by atomic mass is 10.2. The van der Waals surface area contributed by atoms with Gasteiger partial charge in [-0.3, -0.25) is 4.98 Å². The van der Waals surface area contributed by atoms with E-state index in [0.29, 0.717) is 17.2 Å². The molecule has 3 nitrogen and oxygen atoms in total. The molecule has 0 saturated carbocycles. The molecule has 0 spiro atoms. The molecule has 0 aliphatic heterocycles. The highest BCUT2D eigenvalue weighted by Crippen LogP contribution is 2.14. The first-order valence-corrected chi connectivity index (χ1v) is 4.64. The van der Waals surface area contributed by atoms with E-state index < -0.39 is 0 Å². The van der Waals surface area contributed by atoms with Gasteiger partial charge < -0.3 is 5.21 Å². The van der Waals surface area contributed by atoms with Crippen LogP contribution in [-0.4, -0.2) is 15.9 Å². The minimum Gasteiger partial charge on any atom is -0.411 e. The number of hydrogen-bond acceptors (Lipinski definition) is 3. The lowest BCUT2D eigenvalue weighted by Crippen LogP contribution is -1.89. The molecule has 14 heavy (non-hydrogen) atoms. The number of allylic oxidation sites excluding steroid dienone is 1. The van der Waals surface area contributed by atoms with Crippen molar-refractivity contribution in [2.24, 2.45) is 5.16 Å². The van der Waals surface area contributed by atoms with Gasteiger partial charge in [-0.05, 0) is 24.1 Å². The molecule has 0 unspecified atom stereocenters. The van der Waals surface area contributed by atoms with Crippen LogP contribution in [0.3, 0.4) is 0 Å². The van der Waals surface area contributed by atoms with Gasteiger partial charge in [0.05, 0.1) is 10.7 Å². The fourth-order valence-corrected chi connectivity index (χ4v) is 1.11. The van der Waals surface area contributed by atoms with Crippen molar-refractivity contribution in [3.63, 3.8) is 0 Å². The molecule has 0 aliphatic rings. The Labute approximate surface area is 87.7 Å². The third-order valence-corrected chi connectivity index (χ3v) is 2.07. The van der Waals surface area contributed by atoms with Crippen molar-refractivity contribution in [3.8, 4) is 0 Å². The average molecular weight is 211 g/mol. The van der Waals surface area contributed by atoms with Crippen molar-refractivity contribution < 1.29 is 5.21 Å². The zero-order valence-corrected chi connectivity index (χ0v) is 8.57. The van der Waals surface area contributed by atoms with Crippen LogP contribution in [0.4, 0.5) is 0 Å². The smallest absolute Gasteiger partial charge is 0.0793 e. The van der Waals surface area contributed by atoms with Crippen molar-refractivity contribution in [2.75, 3.05) is 0 Å². The zero-order valence-electron chi connectivity index (χ0n) is 7.81. The van der Waals surface area contributed by atoms with Crippen LogP contribution in [0.1, 0.15) is 18.9 Å². The number of aromatic nitrogens is 1. The molecule has 0 aromatic carbocycles. The average Bonchev–Trinajstić information content (AvgIpc) is 2.22. The van der Waals surface area contributed by atoms with E-state index in [1.165, 1.54) is 0 Å². The maximum Gasteiger partial charge on any atom is 0.0793 e. The summed E-state index contributed by atoms with van der Waals surface area (Å²) in [6.45, 7) is 1.91. The van der Waals surface area contributed by atoms with Gasteiger partial charge in [0.15, 0.2) is 0 Å². The standard InChI is InChI=1S/C10H11ClN2O/c1-2-9(13-14)4-3-8-5-6-12-7-10(8)11/h3-7,14H,2H2,1H3/b4-3+,13-9+. The van der Waals surface area contributed by atoms with E-state index in [-0.39, 0.29) is 0 Å². The molecule has 4 heteroatoms. The monoisotopic (exact) mass is 210 g/mol. The van der Waals surface area contributed by atoms with Crippen LogP contribution in [0.5, 0.6) is 0 Å². The third-order valence-electron chi connectivity index (χ3n) is 1.75. The van der Waals surface area contributed by atoms with E-state index in [2.05, 4.69) is 10.1 Å². The molecule has 1 N–H and O–H groups in total. The summed E-state index contributed by atoms with van der Waals surface area (Å²) in [5.74, 6) is 0. The van der Waals surface area contributed by atoms with Gasteiger partial charge in [0, 0.05) is 12.4 Å². The Bertz CT molecular complexity index is 361. The Kier molecular flexibility index (Phi) is 4.13. The quantitative estimate of drug-likeness (QED) is 0.474. The number of oxime groups is 1. The number of rotatable bonds is 3. The van der Waals surface area contributed by atoms with Gasteiger partial charge in [0.25, 0.3) is 0 Å². The molecular formula is C10H11ClN2O. The number of pyridine rings is 1. The van der Waals surface area contributed by atoms with E-state index in [4.69, 9.17) is 16.8 Å². The highest BCUT2D eigenvalue weighted by Gasteiger charge is 1.95. The molecule has 1 aromatic rings. The van der Waals surface area contributed by atoms with Crippen molar-refractivity contribution in [3.05, 3.63) is 35.1 Å². The molecule has 0 radical (unpaired) electrons. The van der Waals surface area contributed by atoms with E-state index in [0.717, 1.165) is 5.56 Å². The summed E-state index contributed by atoms with van der Waals surface area (Å²) in [5.41, 5.74) is 1.47. The Morgan fingerprint density at radius 3 is 3.07 bits per heavy atom. The largest absolute Gasteiger partial charge is 0.411 e. The molecule has 0 amide bonds. The van der Waals surface area contributed by atoms with Gasteiger partial charge in [-0.2, -0.15) is 0 Å². The van der Waals surface area contributed by atoms with Gasteiger partial charge in [-0.25, -0.2) is 0 Å². The van der Waals surface area contributed by atoms with E-state index >= 15 is 0 Å². The fourth-order valence-electron chi connectivity index (χ4n) is 0.929. The number of nitrogens with zero attached hydrogens (tertiary/aromatic N) is 2. The van der Waals surface area contributed by atoms with E-state index in [9.17, 15) is 0 Å². The predicted octanol–water partition coefficient (Wildman–Crippen LogP) is 2.99. The minimum atomic E-state index is 0.581. The van der Waals surface area contributed by atoms with E-state index in [1.54, 1.807) is 30.6 Å². The summed E-state index contributed by atoms with van der Waals surface area (Å²) >= 11 is 5.88. The van der Waals surface area contributed by atoms with Gasteiger partial charge in [0.1, 0.15) is 0 Å². The summed E-state index contributed by atoms with van der Waals surface area (Å²) in [4.78, 5) is 3.87. The van der Waals surface area contributed by atoms with Gasteiger partial charge >= 0.3 is 0 Å². The molecular weight excluding hydrogens is 200 g/mol. The van der Waals surface area contributed by atoms with Crippen molar-refractivity contribution >= 4 is 23.4 Å². The first-order valence-electron chi connectivity index (χ1n) is 4.26. The fraction of sp³-hybridized carbons (Fsp3) is 0.200. The van der Waals surface area contributed by atoms with Crippen LogP contribution >= 0.6 is 11.6 Å². The molecule has 1 heterocycles. The van der Waals surface area contributed by atoms with E-state index in [1.807, 2.05) is 6.92 Å². The Hall–Kier alpha value is -1.35. The zero-order chi connectivity index (χ0) is 10.4. The second-order valence-corrected chi connectivity index (χ2v) is 3.08. The number of hydrogen-bond donors (Lipinski definition) is 1. The van der Waals surface area contributed by atoms with Crippen LogP contribution in [0.2, 0.25) is 5.02 Å². The van der Waals surface area contributed by atoms with Gasteiger partial charge in [-0.15, -0.1) is 0 Å². The van der Waals surface area contributed by atoms with Crippen LogP contribution in [0, 0.1) is 0 Å². The number of halogens is 1. The van der Waals surface area contributed by atoms with Crippen LogP contribution in [0.25, 0.3) is 6.08 Å². The van der Waals surface area contributed by atoms with Crippen LogP contribution in [0.15, 0.2) is 29.7 Å². The summed E-state index contributed by atoms with van der Waals surface area (Å²) < 4.78 is 0. The van der Waals surface area contributed by atoms with Gasteiger partial charge in [0.2, 0.25) is 0 Å². The molecule has 1 aromatic heterocycles. The highest BCUT2D eigenvalue weighted by atomic mass is 35.5. The topological polar surface area (TPSA) is 45.5 Å². The Balaban J connectivity index is 2.83. The summed E-state index contributed by atoms with van der Waals surface area (Å²) in [7, 11) is 0. The minimum absolute atomic E-state index is 0.581. The predicted molar refractivity (Wildman–Crippen MR) is 57.8 cm³/mol. The van der Waals surface area contributed by atoms with Crippen molar-refractivity contribution in [1.29, 1.82) is 0 Å². The first kappa shape index (κ1) is 10.7. The summed E-state index contributed by atoms with van der Waals surface area (Å²) in [6.07, 6.45) is 7.43. The molecule has 0 saturated heterocycles. The Morgan fingerprint density at radius 2 is 2.50 bits per heavy atom. The summed E-state index contributed by atoms with van der Waals surface area (Å²) in [6, 6.07) is 1.80. The molecule has 1 rings (SSSR count). The maximum atomic E-state index is 8.56. The van der Waals surface area contributed by atoms with Gasteiger partial charge in [-0.1, -0.05) is 29.8 Å². The first-order chi connectivity index (χ1) is 6.77. The van der Waals surface area contributed by atoms with Crippen molar-refractivity contribution in [2.45, 2.75) is 13.3 Å². The highest BCUT2D eigenvalue weighted by molar-refractivity contribution is 6.32. The maximum absolute atomic E-state index is 8.56. The lowest BCUT2D eigenvalue weighted by molar-refractivity contribution is 0.318. The normalized spacial score (nSPS) is 12.3. The third kappa shape index (κ3) is 2.85. The molecule has 0 atom stereocenters. The second-order valence-electron chi connectivity index (χ2n) is 2.68.